The van der Waals surface area contributed by atoms with Crippen LogP contribution in [0.15, 0.2) is 59.5 Å². The van der Waals surface area contributed by atoms with Gasteiger partial charge in [-0.05, 0) is 86.8 Å². The lowest BCUT2D eigenvalue weighted by Crippen LogP contribution is -2.20. The van der Waals surface area contributed by atoms with E-state index in [-0.39, 0.29) is 17.4 Å². The number of rotatable bonds is 7. The monoisotopic (exact) mass is 472 g/mol. The van der Waals surface area contributed by atoms with Gasteiger partial charge in [0.1, 0.15) is 5.75 Å². The summed E-state index contributed by atoms with van der Waals surface area (Å²) in [6.07, 6.45) is 0. The Kier molecular flexibility index (Phi) is 7.11. The minimum Gasteiger partial charge on any atom is -0.484 e. The molecule has 0 aliphatic heterocycles. The highest BCUT2D eigenvalue weighted by molar-refractivity contribution is 7.92. The molecule has 3 aromatic rings. The molecule has 0 radical (unpaired) electrons. The van der Waals surface area contributed by atoms with Crippen LogP contribution in [0.4, 0.5) is 11.4 Å². The number of anilines is 2. The van der Waals surface area contributed by atoms with Gasteiger partial charge < -0.3 is 10.1 Å². The number of halogens is 1. The van der Waals surface area contributed by atoms with Crippen molar-refractivity contribution in [3.63, 3.8) is 0 Å². The van der Waals surface area contributed by atoms with Gasteiger partial charge in [0, 0.05) is 10.7 Å². The van der Waals surface area contributed by atoms with E-state index in [0.717, 1.165) is 22.3 Å². The molecule has 6 nitrogen and oxygen atoms in total. The average molecular weight is 473 g/mol. The van der Waals surface area contributed by atoms with E-state index in [4.69, 9.17) is 16.3 Å². The van der Waals surface area contributed by atoms with Gasteiger partial charge in [-0.3, -0.25) is 9.52 Å². The van der Waals surface area contributed by atoms with Gasteiger partial charge in [0.25, 0.3) is 15.9 Å². The number of sulfonamides is 1. The molecule has 32 heavy (non-hydrogen) atoms. The van der Waals surface area contributed by atoms with Gasteiger partial charge >= 0.3 is 0 Å². The van der Waals surface area contributed by atoms with Crippen LogP contribution in [0.5, 0.6) is 5.75 Å². The van der Waals surface area contributed by atoms with E-state index in [1.807, 2.05) is 39.8 Å². The third-order valence-corrected chi connectivity index (χ3v) is 6.83. The maximum atomic E-state index is 12.7. The lowest BCUT2D eigenvalue weighted by molar-refractivity contribution is -0.118. The van der Waals surface area contributed by atoms with Crippen LogP contribution in [0.2, 0.25) is 5.02 Å². The molecule has 8 heteroatoms. The van der Waals surface area contributed by atoms with Crippen molar-refractivity contribution in [3.05, 3.63) is 81.9 Å². The van der Waals surface area contributed by atoms with Crippen LogP contribution in [0.25, 0.3) is 0 Å². The quantitative estimate of drug-likeness (QED) is 0.482. The van der Waals surface area contributed by atoms with E-state index in [9.17, 15) is 13.2 Å². The van der Waals surface area contributed by atoms with E-state index in [1.165, 1.54) is 24.3 Å². The summed E-state index contributed by atoms with van der Waals surface area (Å²) in [5, 5.41) is 3.36. The zero-order valence-corrected chi connectivity index (χ0v) is 19.9. The molecule has 0 aromatic heterocycles. The number of nitrogens with one attached hydrogen (secondary N) is 2. The van der Waals surface area contributed by atoms with Crippen LogP contribution >= 0.6 is 11.6 Å². The summed E-state index contributed by atoms with van der Waals surface area (Å²) in [5.41, 5.74) is 4.62. The van der Waals surface area contributed by atoms with Crippen LogP contribution in [-0.4, -0.2) is 20.9 Å². The van der Waals surface area contributed by atoms with Crippen molar-refractivity contribution in [3.8, 4) is 5.75 Å². The van der Waals surface area contributed by atoms with Crippen LogP contribution in [0, 0.1) is 27.7 Å². The summed E-state index contributed by atoms with van der Waals surface area (Å²) in [5.74, 6) is 0.192. The molecule has 168 valence electrons. The molecule has 0 spiro atoms. The van der Waals surface area contributed by atoms with E-state index in [0.29, 0.717) is 22.1 Å². The first-order valence-corrected chi connectivity index (χ1v) is 11.8. The highest BCUT2D eigenvalue weighted by Gasteiger charge is 2.16. The number of benzene rings is 3. The van der Waals surface area contributed by atoms with E-state index < -0.39 is 10.0 Å². The Hall–Kier alpha value is -3.03. The molecule has 3 aromatic carbocycles. The molecular weight excluding hydrogens is 448 g/mol. The topological polar surface area (TPSA) is 84.5 Å². The smallest absolute Gasteiger partial charge is 0.262 e. The molecule has 0 fully saturated rings. The van der Waals surface area contributed by atoms with Gasteiger partial charge in [-0.2, -0.15) is 0 Å². The summed E-state index contributed by atoms with van der Waals surface area (Å²) in [4.78, 5) is 12.3. The molecule has 0 heterocycles. The second kappa shape index (κ2) is 9.63. The first-order chi connectivity index (χ1) is 15.0. The molecule has 0 bridgehead atoms. The lowest BCUT2D eigenvalue weighted by Gasteiger charge is -2.12. The molecule has 0 unspecified atom stereocenters. The third kappa shape index (κ3) is 5.81. The SMILES string of the molecule is Cc1ccc(NS(=O)(=O)c2ccc(NC(=O)COc3cc(C)c(Cl)c(C)c3)cc2)c(C)c1. The second-order valence-corrected chi connectivity index (χ2v) is 9.72. The number of hydrogen-bond acceptors (Lipinski definition) is 4. The Balaban J connectivity index is 1.61. The average Bonchev–Trinajstić information content (AvgIpc) is 2.73. The zero-order valence-electron chi connectivity index (χ0n) is 18.3. The molecular formula is C24H25ClN2O4S. The predicted molar refractivity (Wildman–Crippen MR) is 128 cm³/mol. The normalized spacial score (nSPS) is 11.2. The van der Waals surface area contributed by atoms with Crippen molar-refractivity contribution in [2.75, 3.05) is 16.6 Å². The van der Waals surface area contributed by atoms with Crippen molar-refractivity contribution in [1.29, 1.82) is 0 Å². The number of hydrogen-bond donors (Lipinski definition) is 2. The molecule has 3 rings (SSSR count). The molecule has 0 aliphatic rings. The number of amides is 1. The third-order valence-electron chi connectivity index (χ3n) is 4.85. The summed E-state index contributed by atoms with van der Waals surface area (Å²) in [6.45, 7) is 7.34. The van der Waals surface area contributed by atoms with Crippen LogP contribution in [0.1, 0.15) is 22.3 Å². The summed E-state index contributed by atoms with van der Waals surface area (Å²) >= 11 is 6.14. The Labute approximate surface area is 193 Å². The molecule has 2 N–H and O–H groups in total. The summed E-state index contributed by atoms with van der Waals surface area (Å²) < 4.78 is 33.5. The van der Waals surface area contributed by atoms with E-state index in [2.05, 4.69) is 10.0 Å². The minimum atomic E-state index is -3.75. The fraction of sp³-hybridized carbons (Fsp3) is 0.208. The van der Waals surface area contributed by atoms with Gasteiger partial charge in [-0.15, -0.1) is 0 Å². The lowest BCUT2D eigenvalue weighted by atomic mass is 10.1. The zero-order chi connectivity index (χ0) is 23.5. The first kappa shape index (κ1) is 23.6. The maximum absolute atomic E-state index is 12.7. The first-order valence-electron chi connectivity index (χ1n) is 9.95. The fourth-order valence-corrected chi connectivity index (χ4v) is 4.42. The minimum absolute atomic E-state index is 0.0961. The molecule has 0 atom stereocenters. The van der Waals surface area contributed by atoms with Crippen LogP contribution < -0.4 is 14.8 Å². The van der Waals surface area contributed by atoms with Crippen LogP contribution in [0.3, 0.4) is 0 Å². The molecule has 0 saturated carbocycles. The second-order valence-electron chi connectivity index (χ2n) is 7.66. The largest absolute Gasteiger partial charge is 0.484 e. The Morgan fingerprint density at radius 2 is 1.53 bits per heavy atom. The van der Waals surface area contributed by atoms with Gasteiger partial charge in [0.2, 0.25) is 0 Å². The van der Waals surface area contributed by atoms with Crippen molar-refractivity contribution in [2.24, 2.45) is 0 Å². The van der Waals surface area contributed by atoms with Gasteiger partial charge in [-0.1, -0.05) is 29.3 Å². The van der Waals surface area contributed by atoms with Gasteiger partial charge in [-0.25, -0.2) is 8.42 Å². The highest BCUT2D eigenvalue weighted by atomic mass is 35.5. The Bertz CT molecular complexity index is 1230. The van der Waals surface area contributed by atoms with Gasteiger partial charge in [0.15, 0.2) is 6.61 Å². The molecule has 0 saturated heterocycles. The number of aryl methyl sites for hydroxylation is 4. The van der Waals surface area contributed by atoms with Crippen molar-refractivity contribution in [1.82, 2.24) is 0 Å². The summed E-state index contributed by atoms with van der Waals surface area (Å²) in [7, 11) is -3.75. The molecule has 1 amide bonds. The van der Waals surface area contributed by atoms with Crippen molar-refractivity contribution in [2.45, 2.75) is 32.6 Å². The fourth-order valence-electron chi connectivity index (χ4n) is 3.18. The maximum Gasteiger partial charge on any atom is 0.262 e. The number of carbonyl (C=O) groups is 1. The van der Waals surface area contributed by atoms with Gasteiger partial charge in [0.05, 0.1) is 10.6 Å². The van der Waals surface area contributed by atoms with E-state index >= 15 is 0 Å². The number of carbonyl (C=O) groups excluding carboxylic acids is 1. The summed E-state index contributed by atoms with van der Waals surface area (Å²) in [6, 6.07) is 15.0. The van der Waals surface area contributed by atoms with Crippen molar-refractivity contribution < 1.29 is 17.9 Å². The van der Waals surface area contributed by atoms with E-state index in [1.54, 1.807) is 18.2 Å². The van der Waals surface area contributed by atoms with Crippen LogP contribution in [-0.2, 0) is 14.8 Å². The molecule has 0 aliphatic carbocycles. The predicted octanol–water partition coefficient (Wildman–Crippen LogP) is 5.39. The van der Waals surface area contributed by atoms with Crippen molar-refractivity contribution >= 4 is 38.9 Å². The number of ether oxygens (including phenoxy) is 1. The Morgan fingerprint density at radius 3 is 2.12 bits per heavy atom. The standard InChI is InChI=1S/C24H25ClN2O4S/c1-15-5-10-22(16(2)11-15)27-32(29,30)21-8-6-19(7-9-21)26-23(28)14-31-20-12-17(3)24(25)18(4)13-20/h5-13,27H,14H2,1-4H3,(H,26,28). The Morgan fingerprint density at radius 1 is 0.906 bits per heavy atom. The highest BCUT2D eigenvalue weighted by Crippen LogP contribution is 2.26.